The predicted octanol–water partition coefficient (Wildman–Crippen LogP) is 3.29. The molecule has 0 bridgehead atoms. The summed E-state index contributed by atoms with van der Waals surface area (Å²) in [4.78, 5) is 22.0. The Hall–Kier alpha value is -2.76. The largest absolute Gasteiger partial charge is 0.322 e. The van der Waals surface area contributed by atoms with Crippen molar-refractivity contribution in [3.05, 3.63) is 69.5 Å². The maximum atomic E-state index is 13.6. The van der Waals surface area contributed by atoms with Crippen molar-refractivity contribution >= 4 is 17.3 Å². The van der Waals surface area contributed by atoms with E-state index in [9.17, 15) is 19.3 Å². The minimum Gasteiger partial charge on any atom is -0.322 e. The number of hydrogen-bond donors (Lipinski definition) is 1. The topological polar surface area (TPSA) is 72.2 Å². The number of nitrogens with one attached hydrogen (secondary N) is 1. The number of anilines is 1. The summed E-state index contributed by atoms with van der Waals surface area (Å²) in [6, 6.07) is 9.70. The van der Waals surface area contributed by atoms with E-state index in [1.54, 1.807) is 13.0 Å². The first kappa shape index (κ1) is 13.7. The highest BCUT2D eigenvalue weighted by molar-refractivity contribution is 6.04. The molecule has 0 aliphatic rings. The highest BCUT2D eigenvalue weighted by Crippen LogP contribution is 2.18. The van der Waals surface area contributed by atoms with Gasteiger partial charge in [0.25, 0.3) is 11.6 Å². The zero-order valence-electron chi connectivity index (χ0n) is 10.6. The molecule has 2 rings (SSSR count). The molecule has 0 heterocycles. The van der Waals surface area contributed by atoms with Crippen LogP contribution in [-0.4, -0.2) is 10.8 Å². The Morgan fingerprint density at radius 1 is 1.25 bits per heavy atom. The maximum absolute atomic E-state index is 13.6. The first-order valence-electron chi connectivity index (χ1n) is 5.79. The average Bonchev–Trinajstić information content (AvgIpc) is 2.38. The monoisotopic (exact) mass is 274 g/mol. The van der Waals surface area contributed by atoms with E-state index in [1.165, 1.54) is 36.4 Å². The number of halogens is 1. The lowest BCUT2D eigenvalue weighted by atomic mass is 10.1. The van der Waals surface area contributed by atoms with Gasteiger partial charge in [0.15, 0.2) is 0 Å². The third-order valence-electron chi connectivity index (χ3n) is 2.68. The van der Waals surface area contributed by atoms with Crippen molar-refractivity contribution in [3.8, 4) is 0 Å². The molecule has 2 aromatic carbocycles. The first-order chi connectivity index (χ1) is 9.47. The molecule has 2 aromatic rings. The number of nitro groups is 1. The summed E-state index contributed by atoms with van der Waals surface area (Å²) in [5, 5.41) is 13.1. The second-order valence-corrected chi connectivity index (χ2v) is 4.24. The van der Waals surface area contributed by atoms with Crippen molar-refractivity contribution in [2.45, 2.75) is 6.92 Å². The Morgan fingerprint density at radius 3 is 2.65 bits per heavy atom. The molecule has 1 N–H and O–H groups in total. The highest BCUT2D eigenvalue weighted by atomic mass is 19.1. The molecule has 0 saturated carbocycles. The Balaban J connectivity index is 2.23. The lowest BCUT2D eigenvalue weighted by Crippen LogP contribution is -2.13. The standard InChI is InChI=1S/C14H11FN2O3/c1-9-5-6-12(13(15)7-9)14(18)16-10-3-2-4-11(8-10)17(19)20/h2-8H,1H3,(H,16,18). The zero-order chi connectivity index (χ0) is 14.7. The number of amides is 1. The van der Waals surface area contributed by atoms with Gasteiger partial charge in [0.2, 0.25) is 0 Å². The summed E-state index contributed by atoms with van der Waals surface area (Å²) < 4.78 is 13.6. The number of nitrogens with zero attached hydrogens (tertiary/aromatic N) is 1. The number of benzene rings is 2. The van der Waals surface area contributed by atoms with E-state index < -0.39 is 16.6 Å². The van der Waals surface area contributed by atoms with Gasteiger partial charge in [-0.3, -0.25) is 14.9 Å². The fraction of sp³-hybridized carbons (Fsp3) is 0.0714. The summed E-state index contributed by atoms with van der Waals surface area (Å²) >= 11 is 0. The molecule has 0 fully saturated rings. The van der Waals surface area contributed by atoms with Crippen molar-refractivity contribution < 1.29 is 14.1 Å². The Labute approximate surface area is 114 Å². The molecule has 102 valence electrons. The number of carbonyl (C=O) groups excluding carboxylic acids is 1. The Kier molecular flexibility index (Phi) is 3.74. The van der Waals surface area contributed by atoms with E-state index in [2.05, 4.69) is 5.32 Å². The van der Waals surface area contributed by atoms with Crippen LogP contribution in [0.5, 0.6) is 0 Å². The molecule has 0 aliphatic heterocycles. The molecular weight excluding hydrogens is 263 g/mol. The molecule has 5 nitrogen and oxygen atoms in total. The maximum Gasteiger partial charge on any atom is 0.271 e. The molecule has 1 amide bonds. The van der Waals surface area contributed by atoms with Crippen molar-refractivity contribution in [2.75, 3.05) is 5.32 Å². The van der Waals surface area contributed by atoms with Crippen LogP contribution in [-0.2, 0) is 0 Å². The van der Waals surface area contributed by atoms with Crippen LogP contribution in [0.1, 0.15) is 15.9 Å². The van der Waals surface area contributed by atoms with Gasteiger partial charge in [0, 0.05) is 17.8 Å². The van der Waals surface area contributed by atoms with E-state index in [-0.39, 0.29) is 16.9 Å². The Bertz CT molecular complexity index is 686. The number of carbonyl (C=O) groups is 1. The minimum absolute atomic E-state index is 0.109. The van der Waals surface area contributed by atoms with Gasteiger partial charge in [-0.2, -0.15) is 0 Å². The molecule has 0 saturated heterocycles. The summed E-state index contributed by atoms with van der Waals surface area (Å²) in [7, 11) is 0. The van der Waals surface area contributed by atoms with Gasteiger partial charge in [-0.05, 0) is 30.7 Å². The summed E-state index contributed by atoms with van der Waals surface area (Å²) in [5.74, 6) is -1.28. The van der Waals surface area contributed by atoms with Gasteiger partial charge in [-0.15, -0.1) is 0 Å². The minimum atomic E-state index is -0.650. The van der Waals surface area contributed by atoms with Gasteiger partial charge >= 0.3 is 0 Å². The van der Waals surface area contributed by atoms with Crippen LogP contribution in [0.2, 0.25) is 0 Å². The molecule has 0 atom stereocenters. The zero-order valence-corrected chi connectivity index (χ0v) is 10.6. The molecule has 0 spiro atoms. The number of hydrogen-bond acceptors (Lipinski definition) is 3. The normalized spacial score (nSPS) is 10.1. The van der Waals surface area contributed by atoms with Gasteiger partial charge < -0.3 is 5.32 Å². The van der Waals surface area contributed by atoms with Crippen molar-refractivity contribution in [1.29, 1.82) is 0 Å². The molecule has 20 heavy (non-hydrogen) atoms. The van der Waals surface area contributed by atoms with Crippen molar-refractivity contribution in [3.63, 3.8) is 0 Å². The second-order valence-electron chi connectivity index (χ2n) is 4.24. The van der Waals surface area contributed by atoms with Crippen molar-refractivity contribution in [2.24, 2.45) is 0 Å². The highest BCUT2D eigenvalue weighted by Gasteiger charge is 2.13. The summed E-state index contributed by atoms with van der Waals surface area (Å²) in [6.45, 7) is 1.71. The fourth-order valence-electron chi connectivity index (χ4n) is 1.70. The van der Waals surface area contributed by atoms with Crippen LogP contribution in [0.3, 0.4) is 0 Å². The number of rotatable bonds is 3. The molecule has 0 radical (unpaired) electrons. The van der Waals surface area contributed by atoms with Crippen molar-refractivity contribution in [1.82, 2.24) is 0 Å². The molecule has 6 heteroatoms. The third kappa shape index (κ3) is 2.97. The van der Waals surface area contributed by atoms with Crippen LogP contribution in [0, 0.1) is 22.9 Å². The van der Waals surface area contributed by atoms with Crippen LogP contribution in [0.25, 0.3) is 0 Å². The van der Waals surface area contributed by atoms with E-state index in [0.29, 0.717) is 5.56 Å². The van der Waals surface area contributed by atoms with Crippen LogP contribution < -0.4 is 5.32 Å². The molecule has 0 aliphatic carbocycles. The van der Waals surface area contributed by atoms with E-state index in [0.717, 1.165) is 0 Å². The lowest BCUT2D eigenvalue weighted by Gasteiger charge is -2.06. The summed E-state index contributed by atoms with van der Waals surface area (Å²) in [5.41, 5.74) is 0.688. The molecular formula is C14H11FN2O3. The predicted molar refractivity (Wildman–Crippen MR) is 72.2 cm³/mol. The number of non-ortho nitro benzene ring substituents is 1. The van der Waals surface area contributed by atoms with E-state index in [4.69, 9.17) is 0 Å². The number of aryl methyl sites for hydroxylation is 1. The van der Waals surface area contributed by atoms with Gasteiger partial charge in [-0.1, -0.05) is 12.1 Å². The smallest absolute Gasteiger partial charge is 0.271 e. The lowest BCUT2D eigenvalue weighted by molar-refractivity contribution is -0.384. The fourth-order valence-corrected chi connectivity index (χ4v) is 1.70. The van der Waals surface area contributed by atoms with Gasteiger partial charge in [0.05, 0.1) is 10.5 Å². The quantitative estimate of drug-likeness (QED) is 0.689. The van der Waals surface area contributed by atoms with Crippen LogP contribution in [0.4, 0.5) is 15.8 Å². The third-order valence-corrected chi connectivity index (χ3v) is 2.68. The second kappa shape index (κ2) is 5.48. The van der Waals surface area contributed by atoms with E-state index in [1.807, 2.05) is 0 Å². The van der Waals surface area contributed by atoms with Gasteiger partial charge in [0.1, 0.15) is 5.82 Å². The van der Waals surface area contributed by atoms with E-state index >= 15 is 0 Å². The first-order valence-corrected chi connectivity index (χ1v) is 5.79. The molecule has 0 aromatic heterocycles. The molecule has 0 unspecified atom stereocenters. The number of nitro benzene ring substituents is 1. The SMILES string of the molecule is Cc1ccc(C(=O)Nc2cccc([N+](=O)[O-])c2)c(F)c1. The van der Waals surface area contributed by atoms with Crippen LogP contribution >= 0.6 is 0 Å². The van der Waals surface area contributed by atoms with Crippen LogP contribution in [0.15, 0.2) is 42.5 Å². The summed E-state index contributed by atoms with van der Waals surface area (Å²) in [6.07, 6.45) is 0. The Morgan fingerprint density at radius 2 is 2.00 bits per heavy atom. The average molecular weight is 274 g/mol. The van der Waals surface area contributed by atoms with Gasteiger partial charge in [-0.25, -0.2) is 4.39 Å².